The van der Waals surface area contributed by atoms with E-state index in [0.29, 0.717) is 4.90 Å². The zero-order valence-electron chi connectivity index (χ0n) is 12.5. The minimum absolute atomic E-state index is 0.101. The summed E-state index contributed by atoms with van der Waals surface area (Å²) in [7, 11) is 0. The highest BCUT2D eigenvalue weighted by molar-refractivity contribution is 9.10. The highest BCUT2D eigenvalue weighted by Crippen LogP contribution is 2.30. The van der Waals surface area contributed by atoms with Crippen LogP contribution in [0.3, 0.4) is 0 Å². The van der Waals surface area contributed by atoms with Crippen molar-refractivity contribution >= 4 is 39.4 Å². The van der Waals surface area contributed by atoms with Crippen LogP contribution in [-0.2, 0) is 4.79 Å². The van der Waals surface area contributed by atoms with Crippen molar-refractivity contribution in [1.29, 1.82) is 0 Å². The molecular weight excluding hydrogens is 396 g/mol. The molecule has 2 aromatic rings. The molecule has 9 heteroatoms. The van der Waals surface area contributed by atoms with Gasteiger partial charge in [-0.1, -0.05) is 22.0 Å². The van der Waals surface area contributed by atoms with Crippen molar-refractivity contribution in [2.24, 2.45) is 0 Å². The van der Waals surface area contributed by atoms with Gasteiger partial charge in [-0.2, -0.15) is 0 Å². The highest BCUT2D eigenvalue weighted by Gasteiger charge is 2.41. The number of imide groups is 1. The lowest BCUT2D eigenvalue weighted by Crippen LogP contribution is -2.36. The molecule has 0 unspecified atom stereocenters. The van der Waals surface area contributed by atoms with Gasteiger partial charge in [0, 0.05) is 10.5 Å². The van der Waals surface area contributed by atoms with Gasteiger partial charge >= 0.3 is 5.97 Å². The van der Waals surface area contributed by atoms with Gasteiger partial charge in [0.25, 0.3) is 17.5 Å². The number of carbonyl (C=O) groups is 3. The first-order chi connectivity index (χ1) is 11.9. The van der Waals surface area contributed by atoms with Crippen LogP contribution in [0.4, 0.5) is 5.69 Å². The Morgan fingerprint density at radius 1 is 1.12 bits per heavy atom. The summed E-state index contributed by atoms with van der Waals surface area (Å²) in [6.07, 6.45) is 0. The van der Waals surface area contributed by atoms with E-state index in [-0.39, 0.29) is 16.9 Å². The second-order valence-corrected chi connectivity index (χ2v) is 6.00. The van der Waals surface area contributed by atoms with Crippen molar-refractivity contribution in [2.75, 3.05) is 6.54 Å². The van der Waals surface area contributed by atoms with Crippen molar-refractivity contribution in [3.63, 3.8) is 0 Å². The number of hydrogen-bond donors (Lipinski definition) is 0. The first-order valence-corrected chi connectivity index (χ1v) is 7.77. The van der Waals surface area contributed by atoms with E-state index in [1.54, 1.807) is 12.1 Å². The third kappa shape index (κ3) is 3.13. The summed E-state index contributed by atoms with van der Waals surface area (Å²) in [5.74, 6) is -2.24. The zero-order valence-corrected chi connectivity index (χ0v) is 14.1. The normalized spacial score (nSPS) is 12.9. The van der Waals surface area contributed by atoms with E-state index in [4.69, 9.17) is 4.74 Å². The van der Waals surface area contributed by atoms with Crippen LogP contribution in [0.25, 0.3) is 0 Å². The third-order valence-corrected chi connectivity index (χ3v) is 4.03. The number of ether oxygens (including phenoxy) is 1. The molecule has 25 heavy (non-hydrogen) atoms. The van der Waals surface area contributed by atoms with Gasteiger partial charge in [-0.25, -0.2) is 4.79 Å². The minimum atomic E-state index is -0.889. The molecule has 0 saturated carbocycles. The molecule has 0 aliphatic carbocycles. The third-order valence-electron chi connectivity index (χ3n) is 3.51. The van der Waals surface area contributed by atoms with Crippen LogP contribution >= 0.6 is 15.9 Å². The SMILES string of the molecule is O=C(CN1C(=O)c2cccc([N+](=O)[O-])c2C1=O)Oc1ccc(Br)cc1. The minimum Gasteiger partial charge on any atom is -0.425 e. The second kappa shape index (κ2) is 6.44. The Morgan fingerprint density at radius 3 is 2.44 bits per heavy atom. The van der Waals surface area contributed by atoms with Crippen LogP contribution in [0.2, 0.25) is 0 Å². The van der Waals surface area contributed by atoms with Crippen LogP contribution in [-0.4, -0.2) is 34.2 Å². The second-order valence-electron chi connectivity index (χ2n) is 5.08. The Labute approximate surface area is 149 Å². The Hall–Kier alpha value is -3.07. The van der Waals surface area contributed by atoms with Gasteiger partial charge in [0.2, 0.25) is 0 Å². The molecule has 0 bridgehead atoms. The number of nitro benzene ring substituents is 1. The van der Waals surface area contributed by atoms with Crippen molar-refractivity contribution < 1.29 is 24.0 Å². The maximum absolute atomic E-state index is 12.4. The maximum atomic E-state index is 12.4. The molecule has 0 N–H and O–H groups in total. The molecule has 0 aromatic heterocycles. The summed E-state index contributed by atoms with van der Waals surface area (Å²) in [4.78, 5) is 47.6. The van der Waals surface area contributed by atoms with E-state index < -0.39 is 34.9 Å². The van der Waals surface area contributed by atoms with E-state index in [2.05, 4.69) is 15.9 Å². The maximum Gasteiger partial charge on any atom is 0.331 e. The molecule has 0 saturated heterocycles. The summed E-state index contributed by atoms with van der Waals surface area (Å²) in [5.41, 5.74) is -0.885. The Bertz CT molecular complexity index is 909. The lowest BCUT2D eigenvalue weighted by molar-refractivity contribution is -0.385. The van der Waals surface area contributed by atoms with Crippen LogP contribution in [0, 0.1) is 10.1 Å². The number of carbonyl (C=O) groups excluding carboxylic acids is 3. The number of esters is 1. The van der Waals surface area contributed by atoms with E-state index in [0.717, 1.165) is 10.5 Å². The lowest BCUT2D eigenvalue weighted by atomic mass is 10.1. The van der Waals surface area contributed by atoms with E-state index >= 15 is 0 Å². The molecule has 126 valence electrons. The van der Waals surface area contributed by atoms with Crippen molar-refractivity contribution in [3.8, 4) is 5.75 Å². The Balaban J connectivity index is 1.80. The number of halogens is 1. The van der Waals surface area contributed by atoms with E-state index in [9.17, 15) is 24.5 Å². The Morgan fingerprint density at radius 2 is 1.80 bits per heavy atom. The molecule has 8 nitrogen and oxygen atoms in total. The summed E-state index contributed by atoms with van der Waals surface area (Å²) in [6, 6.07) is 10.1. The standard InChI is InChI=1S/C16H9BrN2O6/c17-9-4-6-10(7-5-9)25-13(20)8-18-15(21)11-2-1-3-12(19(23)24)14(11)16(18)22/h1-7H,8H2. The number of rotatable bonds is 4. The summed E-state index contributed by atoms with van der Waals surface area (Å²) >= 11 is 3.24. The van der Waals surface area contributed by atoms with Gasteiger partial charge in [0.15, 0.2) is 0 Å². The van der Waals surface area contributed by atoms with Gasteiger partial charge in [0.1, 0.15) is 17.9 Å². The predicted molar refractivity (Wildman–Crippen MR) is 88.2 cm³/mol. The molecule has 0 atom stereocenters. The lowest BCUT2D eigenvalue weighted by Gasteiger charge is -2.12. The number of fused-ring (bicyclic) bond motifs is 1. The molecule has 0 fully saturated rings. The average Bonchev–Trinajstić information content (AvgIpc) is 2.82. The highest BCUT2D eigenvalue weighted by atomic mass is 79.9. The predicted octanol–water partition coefficient (Wildman–Crippen LogP) is 2.56. The topological polar surface area (TPSA) is 107 Å². The first-order valence-electron chi connectivity index (χ1n) is 6.98. The smallest absolute Gasteiger partial charge is 0.331 e. The number of nitro groups is 1. The van der Waals surface area contributed by atoms with Crippen molar-refractivity contribution in [2.45, 2.75) is 0 Å². The molecule has 2 amide bonds. The van der Waals surface area contributed by atoms with Gasteiger partial charge < -0.3 is 4.74 Å². The van der Waals surface area contributed by atoms with E-state index in [1.165, 1.54) is 24.3 Å². The van der Waals surface area contributed by atoms with Crippen LogP contribution in [0.1, 0.15) is 20.7 Å². The summed E-state index contributed by atoms with van der Waals surface area (Å²) in [5, 5.41) is 11.0. The Kier molecular flexibility index (Phi) is 4.32. The van der Waals surface area contributed by atoms with Gasteiger partial charge in [0.05, 0.1) is 10.5 Å². The van der Waals surface area contributed by atoms with Crippen LogP contribution in [0.5, 0.6) is 5.75 Å². The molecule has 1 heterocycles. The molecule has 0 spiro atoms. The fourth-order valence-corrected chi connectivity index (χ4v) is 2.67. The molecule has 2 aromatic carbocycles. The molecule has 0 radical (unpaired) electrons. The summed E-state index contributed by atoms with van der Waals surface area (Å²) in [6.45, 7) is -0.639. The van der Waals surface area contributed by atoms with Crippen molar-refractivity contribution in [3.05, 3.63) is 68.2 Å². The molecule has 1 aliphatic heterocycles. The zero-order chi connectivity index (χ0) is 18.1. The quantitative estimate of drug-likeness (QED) is 0.255. The van der Waals surface area contributed by atoms with Gasteiger partial charge in [-0.05, 0) is 30.3 Å². The van der Waals surface area contributed by atoms with Gasteiger partial charge in [-0.15, -0.1) is 0 Å². The number of hydrogen-bond acceptors (Lipinski definition) is 6. The largest absolute Gasteiger partial charge is 0.425 e. The fourth-order valence-electron chi connectivity index (χ4n) is 2.41. The average molecular weight is 405 g/mol. The molecule has 1 aliphatic rings. The molecule has 3 rings (SSSR count). The summed E-state index contributed by atoms with van der Waals surface area (Å²) < 4.78 is 5.86. The van der Waals surface area contributed by atoms with Crippen molar-refractivity contribution in [1.82, 2.24) is 4.90 Å². The van der Waals surface area contributed by atoms with E-state index in [1.807, 2.05) is 0 Å². The van der Waals surface area contributed by atoms with Crippen LogP contribution < -0.4 is 4.74 Å². The number of amides is 2. The monoisotopic (exact) mass is 404 g/mol. The fraction of sp³-hybridized carbons (Fsp3) is 0.0625. The van der Waals surface area contributed by atoms with Crippen LogP contribution in [0.15, 0.2) is 46.9 Å². The number of benzene rings is 2. The number of nitrogens with zero attached hydrogens (tertiary/aromatic N) is 2. The van der Waals surface area contributed by atoms with Gasteiger partial charge in [-0.3, -0.25) is 24.6 Å². The molecular formula is C16H9BrN2O6. The first kappa shape index (κ1) is 16.8.